The topological polar surface area (TPSA) is 41.3 Å². The second-order valence-electron chi connectivity index (χ2n) is 4.38. The molecular formula is C11H16F3N3O. The van der Waals surface area contributed by atoms with Gasteiger partial charge in [0.15, 0.2) is 0 Å². The SMILES string of the molecule is CCNCc1coc(N(CC(F)(F)F)C2CC2)n1. The maximum absolute atomic E-state index is 12.5. The summed E-state index contributed by atoms with van der Waals surface area (Å²) in [6.07, 6.45) is -1.30. The predicted molar refractivity (Wildman–Crippen MR) is 60.3 cm³/mol. The van der Waals surface area contributed by atoms with Gasteiger partial charge < -0.3 is 14.6 Å². The molecule has 0 aliphatic heterocycles. The number of anilines is 1. The zero-order valence-electron chi connectivity index (χ0n) is 10.1. The smallest absolute Gasteiger partial charge is 0.406 e. The summed E-state index contributed by atoms with van der Waals surface area (Å²) in [4.78, 5) is 5.29. The Hall–Kier alpha value is -1.24. The highest BCUT2D eigenvalue weighted by molar-refractivity contribution is 5.32. The summed E-state index contributed by atoms with van der Waals surface area (Å²) >= 11 is 0. The number of nitrogens with zero attached hydrogens (tertiary/aromatic N) is 2. The number of halogens is 3. The van der Waals surface area contributed by atoms with Crippen LogP contribution in [0.1, 0.15) is 25.5 Å². The first-order chi connectivity index (χ1) is 8.49. The number of hydrogen-bond acceptors (Lipinski definition) is 4. The number of aromatic nitrogens is 1. The highest BCUT2D eigenvalue weighted by atomic mass is 19.4. The Morgan fingerprint density at radius 3 is 2.78 bits per heavy atom. The van der Waals surface area contributed by atoms with Crippen molar-refractivity contribution in [2.24, 2.45) is 0 Å². The Balaban J connectivity index is 2.03. The molecule has 1 aliphatic carbocycles. The number of hydrogen-bond donors (Lipinski definition) is 1. The predicted octanol–water partition coefficient (Wildman–Crippen LogP) is 2.32. The normalized spacial score (nSPS) is 16.0. The van der Waals surface area contributed by atoms with Crippen molar-refractivity contribution in [2.45, 2.75) is 38.5 Å². The molecule has 1 N–H and O–H groups in total. The maximum Gasteiger partial charge on any atom is 0.406 e. The summed E-state index contributed by atoms with van der Waals surface area (Å²) in [5, 5.41) is 3.05. The molecule has 1 aromatic rings. The number of rotatable bonds is 6. The molecule has 1 aliphatic rings. The van der Waals surface area contributed by atoms with Crippen LogP contribution in [0.15, 0.2) is 10.7 Å². The molecule has 0 amide bonds. The van der Waals surface area contributed by atoms with E-state index in [0.717, 1.165) is 19.4 Å². The average Bonchev–Trinajstić information content (AvgIpc) is 3.01. The Bertz CT molecular complexity index is 387. The van der Waals surface area contributed by atoms with Crippen molar-refractivity contribution in [3.63, 3.8) is 0 Å². The molecule has 1 aromatic heterocycles. The van der Waals surface area contributed by atoms with E-state index in [1.165, 1.54) is 11.2 Å². The van der Waals surface area contributed by atoms with Crippen molar-refractivity contribution in [1.29, 1.82) is 0 Å². The Morgan fingerprint density at radius 1 is 1.50 bits per heavy atom. The van der Waals surface area contributed by atoms with E-state index in [0.29, 0.717) is 12.2 Å². The van der Waals surface area contributed by atoms with Gasteiger partial charge in [0.2, 0.25) is 0 Å². The van der Waals surface area contributed by atoms with Gasteiger partial charge in [0, 0.05) is 12.6 Å². The first-order valence-electron chi connectivity index (χ1n) is 5.98. The van der Waals surface area contributed by atoms with Gasteiger partial charge in [-0.25, -0.2) is 0 Å². The zero-order valence-corrected chi connectivity index (χ0v) is 10.1. The highest BCUT2D eigenvalue weighted by Gasteiger charge is 2.40. The van der Waals surface area contributed by atoms with Gasteiger partial charge >= 0.3 is 6.18 Å². The van der Waals surface area contributed by atoms with Gasteiger partial charge in [0.05, 0.1) is 5.69 Å². The average molecular weight is 263 g/mol. The minimum atomic E-state index is -4.24. The van der Waals surface area contributed by atoms with E-state index in [1.54, 1.807) is 0 Å². The van der Waals surface area contributed by atoms with E-state index in [4.69, 9.17) is 4.42 Å². The van der Waals surface area contributed by atoms with Crippen LogP contribution < -0.4 is 10.2 Å². The minimum absolute atomic E-state index is 0.0720. The van der Waals surface area contributed by atoms with E-state index >= 15 is 0 Å². The molecule has 0 spiro atoms. The molecular weight excluding hydrogens is 247 g/mol. The summed E-state index contributed by atoms with van der Waals surface area (Å²) in [6, 6.07) is -0.0139. The Labute approximate surface area is 103 Å². The molecule has 102 valence electrons. The van der Waals surface area contributed by atoms with Gasteiger partial charge in [0.1, 0.15) is 12.8 Å². The zero-order chi connectivity index (χ0) is 13.2. The molecule has 2 rings (SSSR count). The van der Waals surface area contributed by atoms with E-state index in [2.05, 4.69) is 10.3 Å². The third kappa shape index (κ3) is 3.63. The second kappa shape index (κ2) is 5.17. The number of alkyl halides is 3. The molecule has 4 nitrogen and oxygen atoms in total. The molecule has 1 heterocycles. The molecule has 7 heteroatoms. The number of nitrogens with one attached hydrogen (secondary N) is 1. The second-order valence-corrected chi connectivity index (χ2v) is 4.38. The van der Waals surface area contributed by atoms with Gasteiger partial charge in [-0.3, -0.25) is 0 Å². The lowest BCUT2D eigenvalue weighted by Crippen LogP contribution is -2.36. The van der Waals surface area contributed by atoms with Crippen LogP contribution in [-0.4, -0.2) is 30.3 Å². The van der Waals surface area contributed by atoms with Crippen LogP contribution in [0, 0.1) is 0 Å². The largest absolute Gasteiger partial charge is 0.432 e. The quantitative estimate of drug-likeness (QED) is 0.855. The van der Waals surface area contributed by atoms with Crippen molar-refractivity contribution >= 4 is 6.01 Å². The first-order valence-corrected chi connectivity index (χ1v) is 5.98. The van der Waals surface area contributed by atoms with Crippen molar-refractivity contribution in [2.75, 3.05) is 18.0 Å². The first kappa shape index (κ1) is 13.2. The standard InChI is InChI=1S/C11H16F3N3O/c1-2-15-5-8-6-18-10(16-8)17(9-3-4-9)7-11(12,13)14/h6,9,15H,2-5,7H2,1H3. The van der Waals surface area contributed by atoms with Crippen molar-refractivity contribution in [3.05, 3.63) is 12.0 Å². The maximum atomic E-state index is 12.5. The lowest BCUT2D eigenvalue weighted by molar-refractivity contribution is -0.120. The summed E-state index contributed by atoms with van der Waals surface area (Å²) in [7, 11) is 0. The van der Waals surface area contributed by atoms with Gasteiger partial charge in [-0.2, -0.15) is 18.2 Å². The van der Waals surface area contributed by atoms with Crippen molar-refractivity contribution < 1.29 is 17.6 Å². The molecule has 18 heavy (non-hydrogen) atoms. The lowest BCUT2D eigenvalue weighted by Gasteiger charge is -2.21. The monoisotopic (exact) mass is 263 g/mol. The molecule has 1 saturated carbocycles. The Morgan fingerprint density at radius 2 is 2.22 bits per heavy atom. The van der Waals surface area contributed by atoms with Crippen LogP contribution in [-0.2, 0) is 6.54 Å². The van der Waals surface area contributed by atoms with Crippen molar-refractivity contribution in [3.8, 4) is 0 Å². The third-order valence-corrected chi connectivity index (χ3v) is 2.68. The minimum Gasteiger partial charge on any atom is -0.432 e. The van der Waals surface area contributed by atoms with E-state index in [-0.39, 0.29) is 12.1 Å². The molecule has 0 bridgehead atoms. The Kier molecular flexibility index (Phi) is 3.79. The van der Waals surface area contributed by atoms with E-state index in [9.17, 15) is 13.2 Å². The molecule has 0 unspecified atom stereocenters. The molecule has 0 atom stereocenters. The van der Waals surface area contributed by atoms with Gasteiger partial charge in [-0.15, -0.1) is 0 Å². The van der Waals surface area contributed by atoms with Crippen LogP contribution in [0.5, 0.6) is 0 Å². The molecule has 0 saturated heterocycles. The van der Waals surface area contributed by atoms with Gasteiger partial charge in [0.25, 0.3) is 6.01 Å². The molecule has 1 fully saturated rings. The van der Waals surface area contributed by atoms with Crippen LogP contribution in [0.25, 0.3) is 0 Å². The fourth-order valence-electron chi connectivity index (χ4n) is 1.69. The van der Waals surface area contributed by atoms with Crippen molar-refractivity contribution in [1.82, 2.24) is 10.3 Å². The highest BCUT2D eigenvalue weighted by Crippen LogP contribution is 2.33. The van der Waals surface area contributed by atoms with Gasteiger partial charge in [-0.1, -0.05) is 6.92 Å². The van der Waals surface area contributed by atoms with E-state index < -0.39 is 12.7 Å². The summed E-state index contributed by atoms with van der Waals surface area (Å²) in [5.41, 5.74) is 0.625. The molecule has 0 radical (unpaired) electrons. The number of oxazole rings is 1. The van der Waals surface area contributed by atoms with E-state index in [1.807, 2.05) is 6.92 Å². The van der Waals surface area contributed by atoms with Crippen LogP contribution in [0.4, 0.5) is 19.2 Å². The fourth-order valence-corrected chi connectivity index (χ4v) is 1.69. The van der Waals surface area contributed by atoms with Crippen LogP contribution in [0.3, 0.4) is 0 Å². The lowest BCUT2D eigenvalue weighted by atomic mass is 10.4. The fraction of sp³-hybridized carbons (Fsp3) is 0.727. The third-order valence-electron chi connectivity index (χ3n) is 2.68. The summed E-state index contributed by atoms with van der Waals surface area (Å²) < 4.78 is 42.5. The molecule has 0 aromatic carbocycles. The van der Waals surface area contributed by atoms with Gasteiger partial charge in [-0.05, 0) is 19.4 Å². The van der Waals surface area contributed by atoms with Crippen LogP contribution >= 0.6 is 0 Å². The summed E-state index contributed by atoms with van der Waals surface area (Å²) in [6.45, 7) is 2.22. The summed E-state index contributed by atoms with van der Waals surface area (Å²) in [5.74, 6) is 0. The van der Waals surface area contributed by atoms with Crippen LogP contribution in [0.2, 0.25) is 0 Å².